The Bertz CT molecular complexity index is 1260. The van der Waals surface area contributed by atoms with Gasteiger partial charge in [0.25, 0.3) is 0 Å². The van der Waals surface area contributed by atoms with Crippen molar-refractivity contribution in [3.63, 3.8) is 0 Å². The Morgan fingerprint density at radius 1 is 0.914 bits per heavy atom. The maximum Gasteiger partial charge on any atom is 0.366 e. The van der Waals surface area contributed by atoms with E-state index < -0.39 is 25.9 Å². The van der Waals surface area contributed by atoms with Crippen LogP contribution in [-0.2, 0) is 43.8 Å². The molecule has 0 heterocycles. The molecule has 9 nitrogen and oxygen atoms in total. The van der Waals surface area contributed by atoms with Crippen molar-refractivity contribution in [2.45, 2.75) is 12.7 Å². The highest BCUT2D eigenvalue weighted by Crippen LogP contribution is 2.14. The minimum Gasteiger partial charge on any atom is -0.464 e. The lowest BCUT2D eigenvalue weighted by Crippen LogP contribution is -2.15. The molecule has 0 saturated heterocycles. The molecule has 0 saturated carbocycles. The van der Waals surface area contributed by atoms with Crippen LogP contribution in [-0.4, -0.2) is 58.9 Å². The summed E-state index contributed by atoms with van der Waals surface area (Å²) in [5.74, 6) is -0.170. The van der Waals surface area contributed by atoms with Crippen LogP contribution in [0.5, 0.6) is 0 Å². The molecule has 1 atom stereocenters. The van der Waals surface area contributed by atoms with E-state index in [0.717, 1.165) is 11.8 Å². The number of rotatable bonds is 10. The molecule has 0 aliphatic heterocycles. The number of thioether (sulfide) groups is 2. The molecule has 0 fully saturated rings. The summed E-state index contributed by atoms with van der Waals surface area (Å²) in [6.45, 7) is 1.61. The van der Waals surface area contributed by atoms with Crippen molar-refractivity contribution in [2.75, 3.05) is 24.9 Å². The van der Waals surface area contributed by atoms with Crippen LogP contribution in [0.4, 0.5) is 0 Å². The predicted octanol–water partition coefficient (Wildman–Crippen LogP) is 3.52. The normalized spacial score (nSPS) is 14.0. The van der Waals surface area contributed by atoms with Crippen molar-refractivity contribution in [2.24, 2.45) is 10.3 Å². The lowest BCUT2D eigenvalue weighted by Gasteiger charge is -2.06. The van der Waals surface area contributed by atoms with Gasteiger partial charge in [-0.05, 0) is 18.1 Å². The average molecular weight is 559 g/mol. The highest BCUT2D eigenvalue weighted by Gasteiger charge is 2.16. The third-order valence-corrected chi connectivity index (χ3v) is 8.02. The van der Waals surface area contributed by atoms with Gasteiger partial charge in [0, 0.05) is 23.1 Å². The molecule has 0 aliphatic carbocycles. The molecule has 0 amide bonds. The molecule has 0 radical (unpaired) electrons. The van der Waals surface area contributed by atoms with Crippen LogP contribution in [0.25, 0.3) is 0 Å². The van der Waals surface area contributed by atoms with Gasteiger partial charge in [-0.1, -0.05) is 82.7 Å². The SMILES string of the molecule is COC(=O)C(=NOS(C)(=O)=Cc1ccccc1)SCCSC(C)=NOS(=O)(=O)Cc1ccccc1. The van der Waals surface area contributed by atoms with Gasteiger partial charge in [-0.3, -0.25) is 4.28 Å². The molecule has 2 aromatic rings. The molecule has 2 aromatic carbocycles. The predicted molar refractivity (Wildman–Crippen MR) is 144 cm³/mol. The summed E-state index contributed by atoms with van der Waals surface area (Å²) in [7, 11) is -5.60. The van der Waals surface area contributed by atoms with Gasteiger partial charge in [-0.25, -0.2) is 9.00 Å². The lowest BCUT2D eigenvalue weighted by molar-refractivity contribution is -0.132. The van der Waals surface area contributed by atoms with E-state index in [0.29, 0.717) is 27.7 Å². The Morgan fingerprint density at radius 3 is 2.14 bits per heavy atom. The topological polar surface area (TPSA) is 121 Å². The zero-order valence-corrected chi connectivity index (χ0v) is 22.6. The molecular weight excluding hydrogens is 533 g/mol. The van der Waals surface area contributed by atoms with Crippen molar-refractivity contribution in [1.29, 1.82) is 0 Å². The second-order valence-electron chi connectivity index (χ2n) is 6.89. The smallest absolute Gasteiger partial charge is 0.366 e. The number of benzene rings is 2. The van der Waals surface area contributed by atoms with Crippen molar-refractivity contribution in [1.82, 2.24) is 0 Å². The standard InChI is InChI=1S/C22H26N2O7S4/c1-18(23-31-35(27,28)17-20-12-8-5-9-13-20)32-14-15-33-21(22(25)29-2)24-30-34(3,26)16-19-10-6-4-7-11-19/h4-13,16H,14-15,17H2,1-3H3. The molecule has 35 heavy (non-hydrogen) atoms. The minimum absolute atomic E-state index is 0.0968. The molecule has 0 bridgehead atoms. The van der Waals surface area contributed by atoms with E-state index >= 15 is 0 Å². The molecule has 0 spiro atoms. The number of ether oxygens (including phenoxy) is 1. The summed E-state index contributed by atoms with van der Waals surface area (Å²) < 4.78 is 51.3. The minimum atomic E-state index is -3.87. The Kier molecular flexibility index (Phi) is 11.6. The van der Waals surface area contributed by atoms with Gasteiger partial charge < -0.3 is 9.02 Å². The summed E-state index contributed by atoms with van der Waals surface area (Å²) in [5, 5.41) is 9.13. The van der Waals surface area contributed by atoms with Gasteiger partial charge >= 0.3 is 16.1 Å². The molecule has 0 aromatic heterocycles. The first kappa shape index (κ1) is 28.8. The van der Waals surface area contributed by atoms with Gasteiger partial charge in [0.15, 0.2) is 0 Å². The summed E-state index contributed by atoms with van der Waals surface area (Å²) in [4.78, 5) is 12.0. The number of carbonyl (C=O) groups is 1. The van der Waals surface area contributed by atoms with Crippen molar-refractivity contribution >= 4 is 64.9 Å². The molecule has 0 aliphatic rings. The Hall–Kier alpha value is -2.48. The van der Waals surface area contributed by atoms with E-state index in [1.165, 1.54) is 30.5 Å². The maximum absolute atomic E-state index is 12.6. The van der Waals surface area contributed by atoms with Crippen LogP contribution in [0.2, 0.25) is 0 Å². The quantitative estimate of drug-likeness (QED) is 0.108. The van der Waals surface area contributed by atoms with Crippen LogP contribution in [0, 0.1) is 0 Å². The number of hydrogen-bond acceptors (Lipinski definition) is 11. The third-order valence-electron chi connectivity index (χ3n) is 3.88. The second-order valence-corrected chi connectivity index (χ2v) is 12.9. The zero-order chi connectivity index (χ0) is 25.7. The number of methoxy groups -OCH3 is 1. The highest BCUT2D eigenvalue weighted by molar-refractivity contribution is 8.18. The molecule has 190 valence electrons. The van der Waals surface area contributed by atoms with Crippen LogP contribution in [0.15, 0.2) is 71.0 Å². The highest BCUT2D eigenvalue weighted by atomic mass is 32.2. The van der Waals surface area contributed by atoms with Gasteiger partial charge in [0.1, 0.15) is 20.6 Å². The number of hydrogen-bond donors (Lipinski definition) is 0. The van der Waals surface area contributed by atoms with E-state index in [4.69, 9.17) is 13.3 Å². The van der Waals surface area contributed by atoms with Crippen molar-refractivity contribution in [3.8, 4) is 0 Å². The molecule has 2 rings (SSSR count). The largest absolute Gasteiger partial charge is 0.464 e. The summed E-state index contributed by atoms with van der Waals surface area (Å²) in [6.07, 6.45) is 1.37. The molecule has 13 heteroatoms. The first-order valence-electron chi connectivity index (χ1n) is 10.1. The Balaban J connectivity index is 1.88. The molecular formula is C22H26N2O7S4. The fourth-order valence-electron chi connectivity index (χ4n) is 2.39. The average Bonchev–Trinajstić information content (AvgIpc) is 2.82. The lowest BCUT2D eigenvalue weighted by atomic mass is 10.2. The van der Waals surface area contributed by atoms with Crippen LogP contribution in [0.3, 0.4) is 0 Å². The first-order chi connectivity index (χ1) is 16.6. The van der Waals surface area contributed by atoms with Crippen LogP contribution >= 0.6 is 23.5 Å². The fraction of sp³-hybridized carbons (Fsp3) is 0.273. The summed E-state index contributed by atoms with van der Waals surface area (Å²) >= 11 is 2.28. The van der Waals surface area contributed by atoms with Gasteiger partial charge in [-0.2, -0.15) is 8.42 Å². The zero-order valence-electron chi connectivity index (χ0n) is 19.4. The Labute approximate surface area is 214 Å². The van der Waals surface area contributed by atoms with Crippen LogP contribution < -0.4 is 0 Å². The van der Waals surface area contributed by atoms with E-state index in [2.05, 4.69) is 10.3 Å². The summed E-state index contributed by atoms with van der Waals surface area (Å²) in [6, 6.07) is 17.6. The van der Waals surface area contributed by atoms with E-state index in [1.807, 2.05) is 6.07 Å². The molecule has 0 N–H and O–H groups in total. The summed E-state index contributed by atoms with van der Waals surface area (Å²) in [5.41, 5.74) is 1.29. The first-order valence-corrected chi connectivity index (χ1v) is 15.6. The number of carbonyl (C=O) groups excluding carboxylic acids is 1. The fourth-order valence-corrected chi connectivity index (χ4v) is 5.81. The van der Waals surface area contributed by atoms with E-state index in [9.17, 15) is 17.4 Å². The number of esters is 1. The maximum atomic E-state index is 12.6. The third kappa shape index (κ3) is 11.7. The number of nitrogens with zero attached hydrogens (tertiary/aromatic N) is 2. The van der Waals surface area contributed by atoms with Crippen LogP contribution in [0.1, 0.15) is 18.1 Å². The second kappa shape index (κ2) is 14.2. The Morgan fingerprint density at radius 2 is 1.51 bits per heavy atom. The molecule has 1 unspecified atom stereocenters. The van der Waals surface area contributed by atoms with Crippen molar-refractivity contribution < 1.29 is 30.7 Å². The monoisotopic (exact) mass is 558 g/mol. The van der Waals surface area contributed by atoms with Gasteiger partial charge in [0.2, 0.25) is 5.04 Å². The number of oxime groups is 2. The van der Waals surface area contributed by atoms with Gasteiger partial charge in [0.05, 0.1) is 7.11 Å². The van der Waals surface area contributed by atoms with E-state index in [1.54, 1.807) is 61.5 Å². The van der Waals surface area contributed by atoms with E-state index in [-0.39, 0.29) is 10.8 Å². The van der Waals surface area contributed by atoms with Gasteiger partial charge in [-0.15, -0.1) is 11.8 Å². The van der Waals surface area contributed by atoms with Crippen molar-refractivity contribution in [3.05, 3.63) is 71.8 Å².